The number of aliphatic hydroxyl groups is 1. The third-order valence-corrected chi connectivity index (χ3v) is 8.19. The molecule has 1 aliphatic carbocycles. The van der Waals surface area contributed by atoms with E-state index in [-0.39, 0.29) is 40.3 Å². The number of ether oxygens (including phenoxy) is 1. The number of hydrogen-bond donors (Lipinski definition) is 3. The molecule has 1 fully saturated rings. The van der Waals surface area contributed by atoms with Gasteiger partial charge in [-0.2, -0.15) is 0 Å². The monoisotopic (exact) mass is 580 g/mol. The summed E-state index contributed by atoms with van der Waals surface area (Å²) in [5, 5.41) is 15.5. The van der Waals surface area contributed by atoms with E-state index in [1.54, 1.807) is 37.6 Å². The summed E-state index contributed by atoms with van der Waals surface area (Å²) in [6, 6.07) is 15.2. The molecule has 1 saturated carbocycles. The lowest BCUT2D eigenvalue weighted by Crippen LogP contribution is -2.30. The van der Waals surface area contributed by atoms with E-state index in [0.29, 0.717) is 39.9 Å². The molecule has 0 saturated heterocycles. The number of nitrogens with one attached hydrogen (secondary N) is 2. The smallest absolute Gasteiger partial charge is 0.274 e. The minimum atomic E-state index is -1.42. The molecule has 0 bridgehead atoms. The number of carbonyl (C=O) groups is 1. The summed E-state index contributed by atoms with van der Waals surface area (Å²) < 4.78 is 21.8. The molecule has 43 heavy (non-hydrogen) atoms. The number of hydrogen-bond acceptors (Lipinski definition) is 5. The van der Waals surface area contributed by atoms with E-state index in [2.05, 4.69) is 10.3 Å². The summed E-state index contributed by atoms with van der Waals surface area (Å²) >= 11 is 0. The van der Waals surface area contributed by atoms with Crippen LogP contribution in [0.1, 0.15) is 52.5 Å². The average Bonchev–Trinajstić information content (AvgIpc) is 3.75. The van der Waals surface area contributed by atoms with E-state index < -0.39 is 5.60 Å². The number of aromatic amines is 1. The number of aryl methyl sites for hydroxylation is 3. The normalized spacial score (nSPS) is 14.5. The molecule has 9 heteroatoms. The summed E-state index contributed by atoms with van der Waals surface area (Å²) in [5.74, 6) is 0.137. The van der Waals surface area contributed by atoms with Crippen molar-refractivity contribution in [1.29, 1.82) is 0 Å². The second-order valence-corrected chi connectivity index (χ2v) is 11.2. The largest absolute Gasteiger partial charge is 0.438 e. The van der Waals surface area contributed by atoms with E-state index in [1.807, 2.05) is 45.0 Å². The van der Waals surface area contributed by atoms with Crippen LogP contribution in [-0.4, -0.2) is 32.1 Å². The minimum Gasteiger partial charge on any atom is -0.438 e. The number of rotatable bonds is 8. The van der Waals surface area contributed by atoms with Gasteiger partial charge in [0.2, 0.25) is 5.88 Å². The minimum absolute atomic E-state index is 0.0743. The fourth-order valence-electron chi connectivity index (χ4n) is 5.76. The van der Waals surface area contributed by atoms with Crippen LogP contribution >= 0.6 is 0 Å². The summed E-state index contributed by atoms with van der Waals surface area (Å²) in [4.78, 5) is 33.7. The predicted octanol–water partition coefficient (Wildman–Crippen LogP) is 5.87. The maximum Gasteiger partial charge on any atom is 0.274 e. The molecule has 0 aliphatic heterocycles. The number of carbonyl (C=O) groups excluding carboxylic acids is 1. The van der Waals surface area contributed by atoms with Crippen molar-refractivity contribution in [3.05, 3.63) is 111 Å². The molecule has 3 N–H and O–H groups in total. The average molecular weight is 581 g/mol. The molecule has 2 aromatic carbocycles. The molecule has 5 aromatic rings. The van der Waals surface area contributed by atoms with Gasteiger partial charge in [0.05, 0.1) is 0 Å². The lowest BCUT2D eigenvalue weighted by molar-refractivity contribution is 0.0560. The maximum atomic E-state index is 13.9. The Hall–Kier alpha value is -4.76. The number of nitrogens with zero attached hydrogens (tertiary/aromatic N) is 2. The first kappa shape index (κ1) is 28.4. The molecule has 3 heterocycles. The van der Waals surface area contributed by atoms with Crippen LogP contribution in [0.4, 0.5) is 4.39 Å². The number of halogens is 1. The van der Waals surface area contributed by atoms with Gasteiger partial charge in [-0.15, -0.1) is 0 Å². The first-order valence-electron chi connectivity index (χ1n) is 14.4. The van der Waals surface area contributed by atoms with Crippen molar-refractivity contribution in [3.8, 4) is 22.8 Å². The quantitative estimate of drug-likeness (QED) is 0.213. The third kappa shape index (κ3) is 4.99. The molecule has 1 unspecified atom stereocenters. The van der Waals surface area contributed by atoms with Crippen LogP contribution in [0.2, 0.25) is 0 Å². The number of H-pyrrole nitrogens is 1. The van der Waals surface area contributed by atoms with E-state index in [0.717, 1.165) is 24.0 Å². The van der Waals surface area contributed by atoms with Crippen molar-refractivity contribution < 1.29 is 19.0 Å². The van der Waals surface area contributed by atoms with Crippen molar-refractivity contribution in [2.75, 3.05) is 6.54 Å². The first-order valence-corrected chi connectivity index (χ1v) is 14.4. The Morgan fingerprint density at radius 3 is 2.47 bits per heavy atom. The van der Waals surface area contributed by atoms with Crippen LogP contribution in [-0.2, 0) is 12.6 Å². The Morgan fingerprint density at radius 2 is 1.81 bits per heavy atom. The molecule has 0 spiro atoms. The highest BCUT2D eigenvalue weighted by Gasteiger charge is 2.47. The van der Waals surface area contributed by atoms with Gasteiger partial charge < -0.3 is 24.7 Å². The van der Waals surface area contributed by atoms with E-state index in [4.69, 9.17) is 9.72 Å². The Bertz CT molecular complexity index is 1900. The van der Waals surface area contributed by atoms with Crippen molar-refractivity contribution in [1.82, 2.24) is 19.9 Å². The van der Waals surface area contributed by atoms with Gasteiger partial charge >= 0.3 is 0 Å². The van der Waals surface area contributed by atoms with Gasteiger partial charge in [-0.3, -0.25) is 9.59 Å². The number of fused-ring (bicyclic) bond motifs is 1. The molecule has 1 aliphatic rings. The van der Waals surface area contributed by atoms with Crippen molar-refractivity contribution in [3.63, 3.8) is 0 Å². The molecular weight excluding hydrogens is 547 g/mol. The molecule has 1 atom stereocenters. The van der Waals surface area contributed by atoms with Gasteiger partial charge in [-0.25, -0.2) is 9.37 Å². The molecule has 8 nitrogen and oxygen atoms in total. The van der Waals surface area contributed by atoms with Crippen molar-refractivity contribution in [2.24, 2.45) is 13.0 Å². The van der Waals surface area contributed by atoms with E-state index >= 15 is 0 Å². The molecular formula is C34H33FN4O4. The highest BCUT2D eigenvalue weighted by Crippen LogP contribution is 2.51. The highest BCUT2D eigenvalue weighted by atomic mass is 19.1. The van der Waals surface area contributed by atoms with Crippen LogP contribution in [0, 0.1) is 25.6 Å². The van der Waals surface area contributed by atoms with Gasteiger partial charge in [-0.1, -0.05) is 30.3 Å². The highest BCUT2D eigenvalue weighted by molar-refractivity contribution is 6.03. The molecule has 3 aromatic heterocycles. The third-order valence-electron chi connectivity index (χ3n) is 8.19. The van der Waals surface area contributed by atoms with Gasteiger partial charge in [0.25, 0.3) is 11.5 Å². The fourth-order valence-corrected chi connectivity index (χ4v) is 5.76. The second-order valence-electron chi connectivity index (χ2n) is 11.2. The molecule has 220 valence electrons. The summed E-state index contributed by atoms with van der Waals surface area (Å²) in [7, 11) is 1.64. The molecule has 0 radical (unpaired) electrons. The zero-order chi connectivity index (χ0) is 30.5. The van der Waals surface area contributed by atoms with Crippen LogP contribution in [0.3, 0.4) is 0 Å². The number of benzene rings is 2. The van der Waals surface area contributed by atoms with Gasteiger partial charge in [-0.05, 0) is 80.5 Å². The SMILES string of the molecule is CCNC(=O)c1cc2c(-c3cc(C(O)(c4ccc(F)cc4)C4CC4)cnc3Oc3c(C)cccc3C)cn(C)c(=O)c2[nH]1. The van der Waals surface area contributed by atoms with Crippen LogP contribution < -0.4 is 15.6 Å². The lowest BCUT2D eigenvalue weighted by atomic mass is 9.82. The fraction of sp³-hybridized carbons (Fsp3) is 0.265. The Morgan fingerprint density at radius 1 is 1.12 bits per heavy atom. The molecule has 6 rings (SSSR count). The van der Waals surface area contributed by atoms with Crippen LogP contribution in [0.25, 0.3) is 22.0 Å². The van der Waals surface area contributed by atoms with Gasteiger partial charge in [0.15, 0.2) is 0 Å². The topological polar surface area (TPSA) is 109 Å². The number of aromatic nitrogens is 3. The summed E-state index contributed by atoms with van der Waals surface area (Å²) in [5.41, 5.74) is 2.86. The summed E-state index contributed by atoms with van der Waals surface area (Å²) in [6.07, 6.45) is 4.90. The Kier molecular flexibility index (Phi) is 7.14. The van der Waals surface area contributed by atoms with Gasteiger partial charge in [0.1, 0.15) is 28.4 Å². The standard InChI is InChI=1S/C34H33FN4O4/c1-5-36-31(40)28-16-25-27(18-39(4)33(41)29(25)38-28)26-15-23(17-37-32(26)43-30-19(2)7-6-8-20(30)3)34(42,21-9-10-21)22-11-13-24(35)14-12-22/h6-8,11-18,21,38,42H,5,9-10H2,1-4H3,(H,36,40). The Balaban J connectivity index is 1.61. The van der Waals surface area contributed by atoms with Crippen molar-refractivity contribution in [2.45, 2.75) is 39.2 Å². The van der Waals surface area contributed by atoms with E-state index in [9.17, 15) is 19.1 Å². The van der Waals surface area contributed by atoms with Gasteiger partial charge in [0, 0.05) is 48.1 Å². The van der Waals surface area contributed by atoms with Crippen LogP contribution in [0.5, 0.6) is 11.6 Å². The predicted molar refractivity (Wildman–Crippen MR) is 163 cm³/mol. The lowest BCUT2D eigenvalue weighted by Gasteiger charge is -2.30. The summed E-state index contributed by atoms with van der Waals surface area (Å²) in [6.45, 7) is 6.15. The van der Waals surface area contributed by atoms with E-state index in [1.165, 1.54) is 16.7 Å². The number of pyridine rings is 2. The second kappa shape index (κ2) is 10.8. The van der Waals surface area contributed by atoms with Crippen molar-refractivity contribution >= 4 is 16.8 Å². The first-order chi connectivity index (χ1) is 20.6. The number of amides is 1. The Labute approximate surface area is 248 Å². The molecule has 1 amide bonds. The zero-order valence-electron chi connectivity index (χ0n) is 24.5. The maximum absolute atomic E-state index is 13.9. The van der Waals surface area contributed by atoms with Crippen LogP contribution in [0.15, 0.2) is 71.8 Å². The zero-order valence-corrected chi connectivity index (χ0v) is 24.5. The number of para-hydroxylation sites is 1.